The molecule has 2 N–H and O–H groups in total. The van der Waals surface area contributed by atoms with Crippen molar-refractivity contribution in [3.05, 3.63) is 36.0 Å². The van der Waals surface area contributed by atoms with E-state index < -0.39 is 0 Å². The number of hydrogen-bond acceptors (Lipinski definition) is 2. The number of H-pyrrole nitrogens is 1. The van der Waals surface area contributed by atoms with Crippen molar-refractivity contribution in [3.8, 4) is 0 Å². The largest absolute Gasteiger partial charge is 0.360 e. The number of aromatic nitrogens is 1. The smallest absolute Gasteiger partial charge is 0.273 e. The van der Waals surface area contributed by atoms with E-state index in [2.05, 4.69) is 15.5 Å². The lowest BCUT2D eigenvalue weighted by Crippen LogP contribution is -2.19. The first kappa shape index (κ1) is 12.6. The third kappa shape index (κ3) is 2.24. The van der Waals surface area contributed by atoms with Gasteiger partial charge in [-0.25, -0.2) is 5.43 Å². The number of aromatic amines is 1. The molecule has 4 nitrogen and oxygen atoms in total. The minimum absolute atomic E-state index is 0.146. The number of fused-ring (bicyclic) bond motifs is 3. The maximum atomic E-state index is 12.2. The summed E-state index contributed by atoms with van der Waals surface area (Å²) in [4.78, 5) is 15.3. The van der Waals surface area contributed by atoms with E-state index in [4.69, 9.17) is 0 Å². The molecule has 2 aromatic rings. The number of amides is 1. The Balaban J connectivity index is 1.44. The van der Waals surface area contributed by atoms with Gasteiger partial charge in [0.05, 0.1) is 5.56 Å². The molecule has 0 spiro atoms. The third-order valence-corrected chi connectivity index (χ3v) is 5.06. The van der Waals surface area contributed by atoms with Crippen LogP contribution >= 0.6 is 0 Å². The topological polar surface area (TPSA) is 57.2 Å². The minimum Gasteiger partial charge on any atom is -0.360 e. The Kier molecular flexibility index (Phi) is 3.02. The summed E-state index contributed by atoms with van der Waals surface area (Å²) < 4.78 is 0. The molecule has 1 heterocycles. The molecule has 108 valence electrons. The summed E-state index contributed by atoms with van der Waals surface area (Å²) in [6.45, 7) is 0. The van der Waals surface area contributed by atoms with Crippen molar-refractivity contribution in [1.82, 2.24) is 10.4 Å². The van der Waals surface area contributed by atoms with Crippen LogP contribution < -0.4 is 5.43 Å². The van der Waals surface area contributed by atoms with E-state index in [0.717, 1.165) is 22.7 Å². The first-order valence-electron chi connectivity index (χ1n) is 7.71. The second-order valence-corrected chi connectivity index (χ2v) is 6.31. The van der Waals surface area contributed by atoms with Crippen molar-refractivity contribution < 1.29 is 4.79 Å². The van der Waals surface area contributed by atoms with Crippen LogP contribution in [0, 0.1) is 17.8 Å². The standard InChI is InChI=1S/C17H19N3O/c21-17(15-10-18-16-4-2-1-3-14(15)16)20-19-9-13-8-11-5-6-12(13)7-11/h1-4,9-13,18H,5-8H2,(H,20,21)/b19-9-. The number of nitrogens with zero attached hydrogens (tertiary/aromatic N) is 1. The van der Waals surface area contributed by atoms with Gasteiger partial charge < -0.3 is 4.98 Å². The van der Waals surface area contributed by atoms with Crippen LogP contribution in [0.15, 0.2) is 35.6 Å². The van der Waals surface area contributed by atoms with E-state index in [1.54, 1.807) is 6.20 Å². The highest BCUT2D eigenvalue weighted by atomic mass is 16.2. The summed E-state index contributed by atoms with van der Waals surface area (Å²) in [5.74, 6) is 2.11. The van der Waals surface area contributed by atoms with Gasteiger partial charge in [0.1, 0.15) is 0 Å². The Labute approximate surface area is 123 Å². The highest BCUT2D eigenvalue weighted by Crippen LogP contribution is 2.47. The maximum absolute atomic E-state index is 12.2. The van der Waals surface area contributed by atoms with Crippen LogP contribution in [0.2, 0.25) is 0 Å². The molecule has 2 aliphatic rings. The molecule has 1 amide bonds. The lowest BCUT2D eigenvalue weighted by Gasteiger charge is -2.16. The zero-order valence-corrected chi connectivity index (χ0v) is 11.9. The summed E-state index contributed by atoms with van der Waals surface area (Å²) in [6.07, 6.45) is 9.02. The van der Waals surface area contributed by atoms with Gasteiger partial charge in [-0.15, -0.1) is 0 Å². The van der Waals surface area contributed by atoms with Crippen LogP contribution in [0.1, 0.15) is 36.0 Å². The number of carbonyl (C=O) groups excluding carboxylic acids is 1. The quantitative estimate of drug-likeness (QED) is 0.658. The number of carbonyl (C=O) groups is 1. The van der Waals surface area contributed by atoms with E-state index in [0.29, 0.717) is 11.5 Å². The van der Waals surface area contributed by atoms with Gasteiger partial charge in [0.25, 0.3) is 5.91 Å². The number of benzene rings is 1. The zero-order valence-electron chi connectivity index (χ0n) is 11.9. The molecule has 21 heavy (non-hydrogen) atoms. The Hall–Kier alpha value is -2.10. The van der Waals surface area contributed by atoms with Crippen molar-refractivity contribution in [1.29, 1.82) is 0 Å². The number of para-hydroxylation sites is 1. The number of hydrogen-bond donors (Lipinski definition) is 2. The normalized spacial score (nSPS) is 27.7. The van der Waals surface area contributed by atoms with Crippen molar-refractivity contribution >= 4 is 23.0 Å². The van der Waals surface area contributed by atoms with Gasteiger partial charge in [-0.05, 0) is 43.1 Å². The van der Waals surface area contributed by atoms with Crippen LogP contribution in [0.25, 0.3) is 10.9 Å². The monoisotopic (exact) mass is 281 g/mol. The fourth-order valence-electron chi connectivity index (χ4n) is 3.99. The number of hydrazone groups is 1. The molecule has 2 aliphatic carbocycles. The maximum Gasteiger partial charge on any atom is 0.273 e. The second-order valence-electron chi connectivity index (χ2n) is 6.31. The Bertz CT molecular complexity index is 703. The van der Waals surface area contributed by atoms with Crippen LogP contribution in [-0.2, 0) is 0 Å². The Morgan fingerprint density at radius 1 is 1.29 bits per heavy atom. The van der Waals surface area contributed by atoms with E-state index in [-0.39, 0.29) is 5.91 Å². The van der Waals surface area contributed by atoms with Crippen molar-refractivity contribution in [2.45, 2.75) is 25.7 Å². The van der Waals surface area contributed by atoms with E-state index >= 15 is 0 Å². The molecule has 0 radical (unpaired) electrons. The first-order valence-corrected chi connectivity index (χ1v) is 7.71. The fraction of sp³-hybridized carbons (Fsp3) is 0.412. The summed E-state index contributed by atoms with van der Waals surface area (Å²) in [5.41, 5.74) is 4.29. The van der Waals surface area contributed by atoms with Gasteiger partial charge in [-0.3, -0.25) is 4.79 Å². The first-order chi connectivity index (χ1) is 10.3. The third-order valence-electron chi connectivity index (χ3n) is 5.06. The molecule has 2 fully saturated rings. The minimum atomic E-state index is -0.146. The van der Waals surface area contributed by atoms with Crippen molar-refractivity contribution in [3.63, 3.8) is 0 Å². The van der Waals surface area contributed by atoms with Crippen LogP contribution in [-0.4, -0.2) is 17.1 Å². The van der Waals surface area contributed by atoms with E-state index in [1.165, 1.54) is 25.7 Å². The summed E-state index contributed by atoms with van der Waals surface area (Å²) in [6, 6.07) is 7.80. The highest BCUT2D eigenvalue weighted by Gasteiger charge is 2.38. The van der Waals surface area contributed by atoms with E-state index in [9.17, 15) is 4.79 Å². The molecular formula is C17H19N3O. The van der Waals surface area contributed by atoms with Gasteiger partial charge in [-0.1, -0.05) is 24.6 Å². The fourth-order valence-corrected chi connectivity index (χ4v) is 3.99. The molecule has 3 atom stereocenters. The molecule has 1 aromatic carbocycles. The van der Waals surface area contributed by atoms with Crippen LogP contribution in [0.4, 0.5) is 0 Å². The lowest BCUT2D eigenvalue weighted by molar-refractivity contribution is 0.0956. The second kappa shape index (κ2) is 5.02. The van der Waals surface area contributed by atoms with Gasteiger partial charge in [0, 0.05) is 23.3 Å². The summed E-state index contributed by atoms with van der Waals surface area (Å²) >= 11 is 0. The molecule has 4 rings (SSSR count). The van der Waals surface area contributed by atoms with Crippen LogP contribution in [0.3, 0.4) is 0 Å². The summed E-state index contributed by atoms with van der Waals surface area (Å²) in [7, 11) is 0. The average molecular weight is 281 g/mol. The number of rotatable bonds is 3. The lowest BCUT2D eigenvalue weighted by atomic mass is 9.90. The van der Waals surface area contributed by atoms with Gasteiger partial charge in [0.2, 0.25) is 0 Å². The molecule has 0 saturated heterocycles. The van der Waals surface area contributed by atoms with Gasteiger partial charge in [0.15, 0.2) is 0 Å². The Morgan fingerprint density at radius 3 is 3.00 bits per heavy atom. The predicted octanol–water partition coefficient (Wildman–Crippen LogP) is 3.32. The predicted molar refractivity (Wildman–Crippen MR) is 83.2 cm³/mol. The molecule has 1 aromatic heterocycles. The van der Waals surface area contributed by atoms with Gasteiger partial charge in [-0.2, -0.15) is 5.10 Å². The zero-order chi connectivity index (χ0) is 14.2. The molecule has 3 unspecified atom stereocenters. The molecule has 2 saturated carbocycles. The molecular weight excluding hydrogens is 262 g/mol. The van der Waals surface area contributed by atoms with E-state index in [1.807, 2.05) is 30.5 Å². The van der Waals surface area contributed by atoms with Gasteiger partial charge >= 0.3 is 0 Å². The average Bonchev–Trinajstić information content (AvgIpc) is 3.21. The van der Waals surface area contributed by atoms with Crippen molar-refractivity contribution in [2.75, 3.05) is 0 Å². The SMILES string of the molecule is O=C(N/N=C\C1CC2CCC1C2)c1c[nH]c2ccccc12. The Morgan fingerprint density at radius 2 is 2.19 bits per heavy atom. The summed E-state index contributed by atoms with van der Waals surface area (Å²) in [5, 5.41) is 5.13. The van der Waals surface area contributed by atoms with Crippen LogP contribution in [0.5, 0.6) is 0 Å². The molecule has 2 bridgehead atoms. The molecule has 0 aliphatic heterocycles. The number of nitrogens with one attached hydrogen (secondary N) is 2. The molecule has 4 heteroatoms. The highest BCUT2D eigenvalue weighted by molar-refractivity contribution is 6.06. The van der Waals surface area contributed by atoms with Crippen molar-refractivity contribution in [2.24, 2.45) is 22.9 Å².